The Morgan fingerprint density at radius 1 is 1.00 bits per heavy atom. The summed E-state index contributed by atoms with van der Waals surface area (Å²) in [6.07, 6.45) is 4.72. The molecule has 1 atom stereocenters. The van der Waals surface area contributed by atoms with E-state index in [4.69, 9.17) is 9.97 Å². The summed E-state index contributed by atoms with van der Waals surface area (Å²) in [5.74, 6) is 1.37. The lowest BCUT2D eigenvalue weighted by atomic mass is 9.89. The first-order valence-electron chi connectivity index (χ1n) is 11.8. The van der Waals surface area contributed by atoms with Gasteiger partial charge in [-0.15, -0.1) is 0 Å². The average molecular weight is 473 g/mol. The van der Waals surface area contributed by atoms with Crippen LogP contribution in [-0.4, -0.2) is 49.7 Å². The number of rotatable bonds is 6. The highest BCUT2D eigenvalue weighted by molar-refractivity contribution is 5.59. The summed E-state index contributed by atoms with van der Waals surface area (Å²) in [5, 5.41) is 14.8. The fraction of sp³-hybridized carbons (Fsp3) is 0.296. The van der Waals surface area contributed by atoms with E-state index in [1.165, 1.54) is 12.1 Å². The van der Waals surface area contributed by atoms with Crippen molar-refractivity contribution >= 4 is 5.95 Å². The molecule has 7 nitrogen and oxygen atoms in total. The standard InChI is InChI=1S/C27H29FN6O/c1-19(20-6-4-3-5-7-20)30-26-29-15-12-24(32-26)34-18-23(27(35)13-16-33(2)17-14-27)31-25(34)21-8-10-22(28)11-9-21/h3-12,15,18-19,35H,13-14,16-17H2,1-2H3,(H,29,30,32)/t19-/m0/s1. The van der Waals surface area contributed by atoms with Crippen LogP contribution >= 0.6 is 0 Å². The highest BCUT2D eigenvalue weighted by Gasteiger charge is 2.36. The lowest BCUT2D eigenvalue weighted by Crippen LogP contribution is -2.40. The van der Waals surface area contributed by atoms with Gasteiger partial charge in [0.1, 0.15) is 23.1 Å². The smallest absolute Gasteiger partial charge is 0.225 e. The number of imidazole rings is 1. The summed E-state index contributed by atoms with van der Waals surface area (Å²) in [6.45, 7) is 3.63. The molecule has 1 aliphatic rings. The van der Waals surface area contributed by atoms with Crippen molar-refractivity contribution in [3.8, 4) is 17.2 Å². The van der Waals surface area contributed by atoms with Crippen LogP contribution in [0.4, 0.5) is 10.3 Å². The Morgan fingerprint density at radius 3 is 2.43 bits per heavy atom. The number of nitrogens with zero attached hydrogens (tertiary/aromatic N) is 5. The predicted molar refractivity (Wildman–Crippen MR) is 134 cm³/mol. The minimum absolute atomic E-state index is 0.0151. The molecule has 2 aromatic heterocycles. The summed E-state index contributed by atoms with van der Waals surface area (Å²) in [6, 6.07) is 18.1. The van der Waals surface area contributed by atoms with Crippen molar-refractivity contribution in [3.63, 3.8) is 0 Å². The molecule has 35 heavy (non-hydrogen) atoms. The van der Waals surface area contributed by atoms with Crippen molar-refractivity contribution in [3.05, 3.63) is 90.1 Å². The van der Waals surface area contributed by atoms with Crippen molar-refractivity contribution in [2.24, 2.45) is 0 Å². The molecule has 0 spiro atoms. The third-order valence-electron chi connectivity index (χ3n) is 6.63. The normalized spacial score (nSPS) is 16.7. The van der Waals surface area contributed by atoms with Gasteiger partial charge in [0.2, 0.25) is 5.95 Å². The maximum Gasteiger partial charge on any atom is 0.225 e. The summed E-state index contributed by atoms with van der Waals surface area (Å²) in [4.78, 5) is 16.2. The first-order valence-corrected chi connectivity index (χ1v) is 11.8. The van der Waals surface area contributed by atoms with E-state index in [0.29, 0.717) is 36.1 Å². The molecule has 1 saturated heterocycles. The van der Waals surface area contributed by atoms with Gasteiger partial charge in [-0.3, -0.25) is 4.57 Å². The minimum Gasteiger partial charge on any atom is -0.383 e. The number of piperidine rings is 1. The molecule has 0 saturated carbocycles. The maximum absolute atomic E-state index is 13.6. The molecule has 2 N–H and O–H groups in total. The van der Waals surface area contributed by atoms with Crippen molar-refractivity contribution in [2.45, 2.75) is 31.4 Å². The molecule has 0 radical (unpaired) electrons. The topological polar surface area (TPSA) is 79.1 Å². The molecule has 180 valence electrons. The van der Waals surface area contributed by atoms with Gasteiger partial charge in [0, 0.05) is 31.0 Å². The number of hydrogen-bond acceptors (Lipinski definition) is 6. The molecule has 0 amide bonds. The summed E-state index contributed by atoms with van der Waals surface area (Å²) in [7, 11) is 2.05. The van der Waals surface area contributed by atoms with Crippen LogP contribution in [-0.2, 0) is 5.60 Å². The third-order valence-corrected chi connectivity index (χ3v) is 6.63. The monoisotopic (exact) mass is 472 g/mol. The Kier molecular flexibility index (Phi) is 6.32. The lowest BCUT2D eigenvalue weighted by Gasteiger charge is -2.35. The lowest BCUT2D eigenvalue weighted by molar-refractivity contribution is -0.0235. The fourth-order valence-electron chi connectivity index (χ4n) is 4.40. The van der Waals surface area contributed by atoms with Crippen LogP contribution < -0.4 is 5.32 Å². The Balaban J connectivity index is 1.52. The van der Waals surface area contributed by atoms with E-state index in [0.717, 1.165) is 24.2 Å². The number of halogens is 1. The van der Waals surface area contributed by atoms with Crippen LogP contribution in [0.1, 0.15) is 37.1 Å². The van der Waals surface area contributed by atoms with Gasteiger partial charge in [-0.05, 0) is 62.7 Å². The Morgan fingerprint density at radius 2 is 1.71 bits per heavy atom. The summed E-state index contributed by atoms with van der Waals surface area (Å²) >= 11 is 0. The Hall–Kier alpha value is -3.62. The average Bonchev–Trinajstić information content (AvgIpc) is 3.34. The van der Waals surface area contributed by atoms with E-state index in [9.17, 15) is 9.50 Å². The van der Waals surface area contributed by atoms with Crippen LogP contribution in [0.15, 0.2) is 73.1 Å². The third kappa shape index (κ3) is 4.94. The van der Waals surface area contributed by atoms with Crippen molar-refractivity contribution in [2.75, 3.05) is 25.5 Å². The molecule has 3 heterocycles. The van der Waals surface area contributed by atoms with Gasteiger partial charge in [0.15, 0.2) is 0 Å². The van der Waals surface area contributed by atoms with Crippen molar-refractivity contribution in [1.29, 1.82) is 0 Å². The number of benzene rings is 2. The van der Waals surface area contributed by atoms with Crippen LogP contribution in [0, 0.1) is 5.82 Å². The molecule has 1 aliphatic heterocycles. The zero-order valence-electron chi connectivity index (χ0n) is 19.9. The van der Waals surface area contributed by atoms with Crippen LogP contribution in [0.25, 0.3) is 17.2 Å². The van der Waals surface area contributed by atoms with Gasteiger partial charge in [-0.25, -0.2) is 14.4 Å². The zero-order valence-corrected chi connectivity index (χ0v) is 19.9. The first-order chi connectivity index (χ1) is 16.9. The molecule has 0 unspecified atom stereocenters. The van der Waals surface area contributed by atoms with Crippen molar-refractivity contribution in [1.82, 2.24) is 24.4 Å². The summed E-state index contributed by atoms with van der Waals surface area (Å²) in [5.41, 5.74) is 1.43. The number of hydrogen-bond donors (Lipinski definition) is 2. The molecular formula is C27H29FN6O. The molecule has 1 fully saturated rings. The highest BCUT2D eigenvalue weighted by Crippen LogP contribution is 2.34. The first kappa shape index (κ1) is 23.1. The predicted octanol–water partition coefficient (Wildman–Crippen LogP) is 4.55. The van der Waals surface area contributed by atoms with Gasteiger partial charge in [0.05, 0.1) is 11.7 Å². The Bertz CT molecular complexity index is 1280. The van der Waals surface area contributed by atoms with E-state index < -0.39 is 5.60 Å². The number of anilines is 1. The van der Waals surface area contributed by atoms with Gasteiger partial charge in [-0.2, -0.15) is 4.98 Å². The quantitative estimate of drug-likeness (QED) is 0.429. The second-order valence-electron chi connectivity index (χ2n) is 9.18. The second-order valence-corrected chi connectivity index (χ2v) is 9.18. The van der Waals surface area contributed by atoms with Crippen LogP contribution in [0.5, 0.6) is 0 Å². The molecule has 0 bridgehead atoms. The van der Waals surface area contributed by atoms with E-state index in [-0.39, 0.29) is 11.9 Å². The summed E-state index contributed by atoms with van der Waals surface area (Å²) < 4.78 is 15.5. The number of aliphatic hydroxyl groups is 1. The molecule has 5 rings (SSSR count). The van der Waals surface area contributed by atoms with E-state index in [1.807, 2.05) is 36.0 Å². The minimum atomic E-state index is -1.03. The molecule has 4 aromatic rings. The zero-order chi connectivity index (χ0) is 24.4. The van der Waals surface area contributed by atoms with Gasteiger partial charge < -0.3 is 15.3 Å². The van der Waals surface area contributed by atoms with Gasteiger partial charge >= 0.3 is 0 Å². The second kappa shape index (κ2) is 9.56. The molecule has 8 heteroatoms. The largest absolute Gasteiger partial charge is 0.383 e. The van der Waals surface area contributed by atoms with Crippen LogP contribution in [0.2, 0.25) is 0 Å². The Labute approximate surface area is 204 Å². The molecule has 2 aromatic carbocycles. The fourth-order valence-corrected chi connectivity index (χ4v) is 4.40. The maximum atomic E-state index is 13.6. The SMILES string of the molecule is C[C@H](Nc1nccc(-n2cc(C3(O)CCN(C)CC3)nc2-c2ccc(F)cc2)n1)c1ccccc1. The van der Waals surface area contributed by atoms with Crippen LogP contribution in [0.3, 0.4) is 0 Å². The van der Waals surface area contributed by atoms with E-state index >= 15 is 0 Å². The van der Waals surface area contributed by atoms with Crippen molar-refractivity contribution < 1.29 is 9.50 Å². The molecular weight excluding hydrogens is 443 g/mol. The highest BCUT2D eigenvalue weighted by atomic mass is 19.1. The van der Waals surface area contributed by atoms with Gasteiger partial charge in [0.25, 0.3) is 0 Å². The molecule has 0 aliphatic carbocycles. The van der Waals surface area contributed by atoms with Gasteiger partial charge in [-0.1, -0.05) is 30.3 Å². The number of aromatic nitrogens is 4. The van der Waals surface area contributed by atoms with E-state index in [2.05, 4.69) is 34.3 Å². The van der Waals surface area contributed by atoms with E-state index in [1.54, 1.807) is 24.4 Å². The number of likely N-dealkylation sites (tertiary alicyclic amines) is 1. The number of nitrogens with one attached hydrogen (secondary N) is 1.